The number of nitrogens with two attached hydrogens (primary N) is 1. The molecular formula is C17H15ClN2O6S. The number of carbonyl (C=O) groups excluding carboxylic acids is 1. The quantitative estimate of drug-likeness (QED) is 0.677. The van der Waals surface area contributed by atoms with Crippen molar-refractivity contribution in [1.82, 2.24) is 0 Å². The van der Waals surface area contributed by atoms with Crippen molar-refractivity contribution >= 4 is 39.2 Å². The minimum atomic E-state index is -3.85. The molecule has 0 radical (unpaired) electrons. The summed E-state index contributed by atoms with van der Waals surface area (Å²) in [4.78, 5) is 25.2. The van der Waals surface area contributed by atoms with Crippen LogP contribution in [0.5, 0.6) is 0 Å². The van der Waals surface area contributed by atoms with E-state index in [9.17, 15) is 23.1 Å². The lowest BCUT2D eigenvalue weighted by atomic mass is 9.92. The van der Waals surface area contributed by atoms with Crippen LogP contribution in [0.25, 0.3) is 0 Å². The standard InChI is InChI=1S/C17H15ClN2O6S/c18-12-2-1-3-13-15(12)17(24,8-14(21)22)16(23)20(13)9-10-4-6-11(7-5-10)27(19,25)26/h1-7,24H,8-9H2,(H,21,22)(H2,19,25,26). The van der Waals surface area contributed by atoms with Gasteiger partial charge in [-0.1, -0.05) is 29.8 Å². The van der Waals surface area contributed by atoms with Crippen molar-refractivity contribution in [3.63, 3.8) is 0 Å². The Morgan fingerprint density at radius 2 is 1.81 bits per heavy atom. The Morgan fingerprint density at radius 3 is 2.37 bits per heavy atom. The van der Waals surface area contributed by atoms with Crippen LogP contribution in [0.1, 0.15) is 17.5 Å². The molecule has 1 aliphatic rings. The molecule has 1 atom stereocenters. The highest BCUT2D eigenvalue weighted by molar-refractivity contribution is 7.89. The number of carbonyl (C=O) groups is 2. The van der Waals surface area contributed by atoms with Crippen LogP contribution in [0.4, 0.5) is 5.69 Å². The van der Waals surface area contributed by atoms with Gasteiger partial charge in [-0.25, -0.2) is 13.6 Å². The molecule has 2 aromatic carbocycles. The Hall–Kier alpha value is -2.46. The van der Waals surface area contributed by atoms with Crippen LogP contribution in [0, 0.1) is 0 Å². The molecule has 3 rings (SSSR count). The number of rotatable bonds is 5. The number of sulfonamides is 1. The molecular weight excluding hydrogens is 396 g/mol. The maximum atomic E-state index is 12.8. The number of primary sulfonamides is 1. The summed E-state index contributed by atoms with van der Waals surface area (Å²) < 4.78 is 22.7. The molecule has 0 saturated carbocycles. The fraction of sp³-hybridized carbons (Fsp3) is 0.176. The van der Waals surface area contributed by atoms with Crippen LogP contribution >= 0.6 is 11.6 Å². The van der Waals surface area contributed by atoms with E-state index in [1.54, 1.807) is 12.1 Å². The predicted octanol–water partition coefficient (Wildman–Crippen LogP) is 1.20. The van der Waals surface area contributed by atoms with E-state index in [4.69, 9.17) is 21.8 Å². The van der Waals surface area contributed by atoms with E-state index in [0.29, 0.717) is 11.3 Å². The van der Waals surface area contributed by atoms with Gasteiger partial charge >= 0.3 is 5.97 Å². The summed E-state index contributed by atoms with van der Waals surface area (Å²) in [6, 6.07) is 10.2. The van der Waals surface area contributed by atoms with Gasteiger partial charge in [-0.2, -0.15) is 0 Å². The molecule has 0 aliphatic carbocycles. The maximum Gasteiger partial charge on any atom is 0.307 e. The van der Waals surface area contributed by atoms with E-state index >= 15 is 0 Å². The van der Waals surface area contributed by atoms with Gasteiger partial charge in [0.25, 0.3) is 5.91 Å². The predicted molar refractivity (Wildman–Crippen MR) is 96.6 cm³/mol. The van der Waals surface area contributed by atoms with Crippen molar-refractivity contribution in [3.8, 4) is 0 Å². The second-order valence-electron chi connectivity index (χ2n) is 6.15. The molecule has 1 amide bonds. The molecule has 2 aromatic rings. The number of aliphatic carboxylic acids is 1. The molecule has 27 heavy (non-hydrogen) atoms. The number of carboxylic acids is 1. The van der Waals surface area contributed by atoms with Crippen LogP contribution < -0.4 is 10.0 Å². The summed E-state index contributed by atoms with van der Waals surface area (Å²) in [5, 5.41) is 25.1. The van der Waals surface area contributed by atoms with E-state index in [1.807, 2.05) is 0 Å². The van der Waals surface area contributed by atoms with Gasteiger partial charge in [0.2, 0.25) is 10.0 Å². The molecule has 0 aromatic heterocycles. The zero-order chi connectivity index (χ0) is 20.0. The number of carboxylic acid groups (broad SMARTS) is 1. The summed E-state index contributed by atoms with van der Waals surface area (Å²) in [6.07, 6.45) is -0.830. The third kappa shape index (κ3) is 3.42. The van der Waals surface area contributed by atoms with Crippen molar-refractivity contribution in [2.45, 2.75) is 23.5 Å². The molecule has 8 nitrogen and oxygen atoms in total. The summed E-state index contributed by atoms with van der Waals surface area (Å²) in [6.45, 7) is -0.0149. The number of aliphatic hydroxyl groups is 1. The van der Waals surface area contributed by atoms with Crippen molar-refractivity contribution in [3.05, 3.63) is 58.6 Å². The highest BCUT2D eigenvalue weighted by atomic mass is 35.5. The molecule has 142 valence electrons. The molecule has 1 heterocycles. The van der Waals surface area contributed by atoms with Crippen molar-refractivity contribution < 1.29 is 28.2 Å². The van der Waals surface area contributed by atoms with Gasteiger partial charge in [-0.15, -0.1) is 0 Å². The van der Waals surface area contributed by atoms with Gasteiger partial charge in [0.1, 0.15) is 0 Å². The number of amides is 1. The number of anilines is 1. The van der Waals surface area contributed by atoms with E-state index in [0.717, 1.165) is 0 Å². The highest BCUT2D eigenvalue weighted by Crippen LogP contribution is 2.46. The Morgan fingerprint density at radius 1 is 1.19 bits per heavy atom. The van der Waals surface area contributed by atoms with Gasteiger partial charge in [0.05, 0.1) is 23.5 Å². The maximum absolute atomic E-state index is 12.8. The lowest BCUT2D eigenvalue weighted by molar-refractivity contribution is -0.150. The summed E-state index contributed by atoms with van der Waals surface area (Å²) in [7, 11) is -3.85. The first-order valence-corrected chi connectivity index (χ1v) is 9.63. The second-order valence-corrected chi connectivity index (χ2v) is 8.11. The number of nitrogens with zero attached hydrogens (tertiary/aromatic N) is 1. The first kappa shape index (κ1) is 19.3. The molecule has 10 heteroatoms. The minimum absolute atomic E-state index is 0.0149. The highest BCUT2D eigenvalue weighted by Gasteiger charge is 2.52. The Balaban J connectivity index is 2.01. The van der Waals surface area contributed by atoms with Crippen LogP contribution in [-0.2, 0) is 31.8 Å². The smallest absolute Gasteiger partial charge is 0.307 e. The Bertz CT molecular complexity index is 1040. The average molecular weight is 411 g/mol. The molecule has 0 spiro atoms. The fourth-order valence-corrected chi connectivity index (χ4v) is 3.93. The minimum Gasteiger partial charge on any atom is -0.481 e. The molecule has 1 aliphatic heterocycles. The number of halogens is 1. The summed E-state index contributed by atoms with van der Waals surface area (Å²) in [5.41, 5.74) is -1.38. The van der Waals surface area contributed by atoms with Crippen molar-refractivity contribution in [2.75, 3.05) is 4.90 Å². The average Bonchev–Trinajstić information content (AvgIpc) is 2.77. The van der Waals surface area contributed by atoms with Crippen LogP contribution in [-0.4, -0.2) is 30.5 Å². The zero-order valence-corrected chi connectivity index (χ0v) is 15.4. The monoisotopic (exact) mass is 410 g/mol. The molecule has 0 bridgehead atoms. The molecule has 0 saturated heterocycles. The number of benzene rings is 2. The van der Waals surface area contributed by atoms with E-state index in [2.05, 4.69) is 0 Å². The van der Waals surface area contributed by atoms with E-state index in [1.165, 1.54) is 35.2 Å². The van der Waals surface area contributed by atoms with Crippen LogP contribution in [0.3, 0.4) is 0 Å². The molecule has 0 fully saturated rings. The first-order chi connectivity index (χ1) is 12.5. The first-order valence-electron chi connectivity index (χ1n) is 7.71. The van der Waals surface area contributed by atoms with Crippen LogP contribution in [0.2, 0.25) is 5.02 Å². The van der Waals surface area contributed by atoms with Gasteiger partial charge in [-0.3, -0.25) is 9.59 Å². The SMILES string of the molecule is NS(=O)(=O)c1ccc(CN2C(=O)C(O)(CC(=O)O)c3c(Cl)cccc32)cc1. The molecule has 4 N–H and O–H groups in total. The molecule has 1 unspecified atom stereocenters. The normalized spacial score (nSPS) is 19.2. The third-order valence-electron chi connectivity index (χ3n) is 4.29. The fourth-order valence-electron chi connectivity index (χ4n) is 3.09. The van der Waals surface area contributed by atoms with Gasteiger partial charge in [0, 0.05) is 10.6 Å². The van der Waals surface area contributed by atoms with E-state index in [-0.39, 0.29) is 22.0 Å². The van der Waals surface area contributed by atoms with Crippen molar-refractivity contribution in [1.29, 1.82) is 0 Å². The third-order valence-corrected chi connectivity index (χ3v) is 5.54. The number of fused-ring (bicyclic) bond motifs is 1. The number of hydrogen-bond acceptors (Lipinski definition) is 5. The Labute approximate surface area is 159 Å². The summed E-state index contributed by atoms with van der Waals surface area (Å²) >= 11 is 6.13. The second kappa shape index (κ2) is 6.61. The van der Waals surface area contributed by atoms with Crippen LogP contribution in [0.15, 0.2) is 47.4 Å². The lowest BCUT2D eigenvalue weighted by Gasteiger charge is -2.22. The van der Waals surface area contributed by atoms with Gasteiger partial charge < -0.3 is 15.1 Å². The number of hydrogen-bond donors (Lipinski definition) is 3. The van der Waals surface area contributed by atoms with Gasteiger partial charge in [-0.05, 0) is 29.8 Å². The lowest BCUT2D eigenvalue weighted by Crippen LogP contribution is -2.41. The topological polar surface area (TPSA) is 138 Å². The summed E-state index contributed by atoms with van der Waals surface area (Å²) in [5.74, 6) is -2.17. The van der Waals surface area contributed by atoms with Crippen molar-refractivity contribution in [2.24, 2.45) is 5.14 Å². The zero-order valence-electron chi connectivity index (χ0n) is 13.8. The largest absolute Gasteiger partial charge is 0.481 e. The van der Waals surface area contributed by atoms with E-state index < -0.39 is 33.9 Å². The Kier molecular flexibility index (Phi) is 4.73. The van der Waals surface area contributed by atoms with Gasteiger partial charge in [0.15, 0.2) is 5.60 Å².